The minimum Gasteiger partial charge on any atom is -0.495 e. The van der Waals surface area contributed by atoms with Gasteiger partial charge in [0.25, 0.3) is 0 Å². The summed E-state index contributed by atoms with van der Waals surface area (Å²) in [5.74, 6) is 1.59. The molecule has 1 saturated heterocycles. The van der Waals surface area contributed by atoms with E-state index in [0.29, 0.717) is 10.8 Å². The van der Waals surface area contributed by atoms with Crippen molar-refractivity contribution in [2.24, 2.45) is 11.3 Å². The Bertz CT molecular complexity index is 682. The van der Waals surface area contributed by atoms with E-state index in [4.69, 9.17) is 9.47 Å². The fraction of sp³-hybridized carbons (Fsp3) is 0.714. The van der Waals surface area contributed by atoms with Gasteiger partial charge in [0.05, 0.1) is 13.3 Å². The Balaban J connectivity index is 1.32. The summed E-state index contributed by atoms with van der Waals surface area (Å²) in [6.07, 6.45) is 9.64. The van der Waals surface area contributed by atoms with Crippen molar-refractivity contribution in [3.63, 3.8) is 0 Å². The predicted octanol–water partition coefficient (Wildman–Crippen LogP) is 4.16. The van der Waals surface area contributed by atoms with Gasteiger partial charge in [0.15, 0.2) is 0 Å². The highest BCUT2D eigenvalue weighted by Crippen LogP contribution is 2.77. The minimum atomic E-state index is -0.418. The maximum Gasteiger partial charge on any atom is 0.410 e. The van der Waals surface area contributed by atoms with Gasteiger partial charge in [-0.15, -0.1) is 0 Å². The van der Waals surface area contributed by atoms with Crippen molar-refractivity contribution >= 4 is 6.09 Å². The van der Waals surface area contributed by atoms with Crippen molar-refractivity contribution < 1.29 is 14.3 Å². The van der Waals surface area contributed by atoms with E-state index >= 15 is 0 Å². The average Bonchev–Trinajstić information content (AvgIpc) is 2.51. The lowest BCUT2D eigenvalue weighted by Gasteiger charge is -2.74. The molecule has 1 aromatic heterocycles. The number of carbonyl (C=O) groups excluding carboxylic acids is 1. The molecule has 0 spiro atoms. The molecule has 4 aliphatic rings. The van der Waals surface area contributed by atoms with E-state index in [1.165, 1.54) is 24.8 Å². The van der Waals surface area contributed by atoms with E-state index in [1.807, 2.05) is 31.9 Å². The number of pyridine rings is 1. The van der Waals surface area contributed by atoms with E-state index in [0.717, 1.165) is 37.6 Å². The number of nitrogens with zero attached hydrogens (tertiary/aromatic N) is 2. The monoisotopic (exact) mass is 358 g/mol. The lowest BCUT2D eigenvalue weighted by molar-refractivity contribution is -0.190. The Kier molecular flexibility index (Phi) is 3.97. The standard InChI is InChI=1S/C21H30N2O3/c1-19(2,3)26-18(24)23-7-5-15(6-8-23)20-12-21(13-20,14-20)16-9-17(25-4)11-22-10-16/h9-11,15H,5-8,12-14H2,1-4H3. The van der Waals surface area contributed by atoms with Crippen LogP contribution >= 0.6 is 0 Å². The molecule has 5 rings (SSSR count). The smallest absolute Gasteiger partial charge is 0.410 e. The summed E-state index contributed by atoms with van der Waals surface area (Å²) in [4.78, 5) is 18.5. The first-order chi connectivity index (χ1) is 12.3. The van der Waals surface area contributed by atoms with Crippen molar-refractivity contribution in [2.75, 3.05) is 20.2 Å². The first-order valence-electron chi connectivity index (χ1n) is 9.73. The molecule has 2 heterocycles. The normalized spacial score (nSPS) is 31.0. The quantitative estimate of drug-likeness (QED) is 0.814. The molecule has 0 radical (unpaired) electrons. The zero-order valence-electron chi connectivity index (χ0n) is 16.4. The van der Waals surface area contributed by atoms with Gasteiger partial charge in [0, 0.05) is 19.3 Å². The second kappa shape index (κ2) is 5.86. The first kappa shape index (κ1) is 17.6. The van der Waals surface area contributed by atoms with E-state index in [2.05, 4.69) is 11.1 Å². The Morgan fingerprint density at radius 3 is 2.42 bits per heavy atom. The Morgan fingerprint density at radius 1 is 1.19 bits per heavy atom. The van der Waals surface area contributed by atoms with Crippen LogP contribution < -0.4 is 4.74 Å². The molecule has 0 aromatic carbocycles. The number of piperidine rings is 1. The van der Waals surface area contributed by atoms with Crippen LogP contribution in [0.25, 0.3) is 0 Å². The molecule has 142 valence electrons. The third-order valence-electron chi connectivity index (χ3n) is 6.65. The zero-order chi connectivity index (χ0) is 18.6. The van der Waals surface area contributed by atoms with Crippen LogP contribution in [0.4, 0.5) is 4.79 Å². The zero-order valence-corrected chi connectivity index (χ0v) is 16.4. The molecule has 4 fully saturated rings. The maximum atomic E-state index is 12.2. The van der Waals surface area contributed by atoms with Crippen LogP contribution in [0.3, 0.4) is 0 Å². The number of hydrogen-bond donors (Lipinski definition) is 0. The topological polar surface area (TPSA) is 51.7 Å². The van der Waals surface area contributed by atoms with Crippen molar-refractivity contribution in [3.8, 4) is 5.75 Å². The highest BCUT2D eigenvalue weighted by Gasteiger charge is 2.70. The molecule has 5 heteroatoms. The van der Waals surface area contributed by atoms with E-state index in [9.17, 15) is 4.79 Å². The molecule has 1 aromatic rings. The van der Waals surface area contributed by atoms with Gasteiger partial charge in [-0.2, -0.15) is 0 Å². The Labute approximate surface area is 156 Å². The molecular formula is C21H30N2O3. The number of ether oxygens (including phenoxy) is 2. The summed E-state index contributed by atoms with van der Waals surface area (Å²) in [6, 6.07) is 2.15. The van der Waals surface area contributed by atoms with Crippen molar-refractivity contribution in [3.05, 3.63) is 24.0 Å². The van der Waals surface area contributed by atoms with Gasteiger partial charge >= 0.3 is 6.09 Å². The molecule has 0 unspecified atom stereocenters. The van der Waals surface area contributed by atoms with Gasteiger partial charge in [-0.1, -0.05) is 0 Å². The van der Waals surface area contributed by atoms with Gasteiger partial charge in [-0.05, 0) is 81.3 Å². The third kappa shape index (κ3) is 2.85. The molecule has 1 aliphatic heterocycles. The largest absolute Gasteiger partial charge is 0.495 e. The summed E-state index contributed by atoms with van der Waals surface area (Å²) in [5, 5.41) is 0. The van der Waals surface area contributed by atoms with Crippen LogP contribution in [0.15, 0.2) is 18.5 Å². The van der Waals surface area contributed by atoms with Crippen molar-refractivity contribution in [1.82, 2.24) is 9.88 Å². The van der Waals surface area contributed by atoms with E-state index in [-0.39, 0.29) is 6.09 Å². The summed E-state index contributed by atoms with van der Waals surface area (Å²) in [6.45, 7) is 7.43. The SMILES string of the molecule is COc1cncc(C23CC(C4CCN(C(=O)OC(C)(C)C)CC4)(C2)C3)c1. The molecule has 1 amide bonds. The molecule has 3 aliphatic carbocycles. The van der Waals surface area contributed by atoms with Crippen molar-refractivity contribution in [1.29, 1.82) is 0 Å². The molecule has 0 atom stereocenters. The summed E-state index contributed by atoms with van der Waals surface area (Å²) < 4.78 is 10.8. The van der Waals surface area contributed by atoms with E-state index < -0.39 is 5.60 Å². The first-order valence-corrected chi connectivity index (χ1v) is 9.73. The summed E-state index contributed by atoms with van der Waals surface area (Å²) in [7, 11) is 1.70. The maximum absolute atomic E-state index is 12.2. The Morgan fingerprint density at radius 2 is 1.85 bits per heavy atom. The van der Waals surface area contributed by atoms with Crippen molar-refractivity contribution in [2.45, 2.75) is 63.9 Å². The van der Waals surface area contributed by atoms with Gasteiger partial charge in [-0.25, -0.2) is 4.79 Å². The van der Waals surface area contributed by atoms with Gasteiger partial charge in [0.1, 0.15) is 11.4 Å². The Hall–Kier alpha value is -1.78. The molecule has 26 heavy (non-hydrogen) atoms. The second-order valence-electron chi connectivity index (χ2n) is 9.53. The van der Waals surface area contributed by atoms with Crippen LogP contribution in [-0.2, 0) is 10.2 Å². The minimum absolute atomic E-state index is 0.160. The highest BCUT2D eigenvalue weighted by molar-refractivity contribution is 5.68. The third-order valence-corrected chi connectivity index (χ3v) is 6.65. The van der Waals surface area contributed by atoms with Crippen LogP contribution in [0, 0.1) is 11.3 Å². The predicted molar refractivity (Wildman–Crippen MR) is 99.3 cm³/mol. The number of rotatable bonds is 3. The summed E-state index contributed by atoms with van der Waals surface area (Å²) >= 11 is 0. The number of methoxy groups -OCH3 is 1. The second-order valence-corrected chi connectivity index (χ2v) is 9.53. The summed E-state index contributed by atoms with van der Waals surface area (Å²) in [5.41, 5.74) is 1.76. The number of carbonyl (C=O) groups is 1. The number of likely N-dealkylation sites (tertiary alicyclic amines) is 1. The van der Waals surface area contributed by atoms with E-state index in [1.54, 1.807) is 13.3 Å². The van der Waals surface area contributed by atoms with Gasteiger partial charge in [0.2, 0.25) is 0 Å². The van der Waals surface area contributed by atoms with Crippen LogP contribution in [0.1, 0.15) is 58.4 Å². The molecule has 2 bridgehead atoms. The fourth-order valence-corrected chi connectivity index (χ4v) is 5.43. The average molecular weight is 358 g/mol. The molecule has 3 saturated carbocycles. The van der Waals surface area contributed by atoms with Gasteiger partial charge < -0.3 is 14.4 Å². The van der Waals surface area contributed by atoms with Crippen LogP contribution in [0.5, 0.6) is 5.75 Å². The molecule has 5 nitrogen and oxygen atoms in total. The lowest BCUT2D eigenvalue weighted by atomic mass is 9.30. The number of aromatic nitrogens is 1. The number of hydrogen-bond acceptors (Lipinski definition) is 4. The van der Waals surface area contributed by atoms with Crippen LogP contribution in [-0.4, -0.2) is 41.8 Å². The molecule has 0 N–H and O–H groups in total. The lowest BCUT2D eigenvalue weighted by Crippen LogP contribution is -2.68. The van der Waals surface area contributed by atoms with Crippen LogP contribution in [0.2, 0.25) is 0 Å². The van der Waals surface area contributed by atoms with Gasteiger partial charge in [-0.3, -0.25) is 4.98 Å². The highest BCUT2D eigenvalue weighted by atomic mass is 16.6. The number of amides is 1. The molecular weight excluding hydrogens is 328 g/mol. The fourth-order valence-electron chi connectivity index (χ4n) is 5.43.